The number of ether oxygens (including phenoxy) is 1. The molecule has 0 bridgehead atoms. The van der Waals surface area contributed by atoms with Crippen LogP contribution >= 0.6 is 0 Å². The molecule has 0 saturated carbocycles. The predicted octanol–water partition coefficient (Wildman–Crippen LogP) is 2.86. The molecule has 6 heteroatoms. The Morgan fingerprint density at radius 1 is 1.33 bits per heavy atom. The van der Waals surface area contributed by atoms with E-state index in [2.05, 4.69) is 39.2 Å². The van der Waals surface area contributed by atoms with Crippen LogP contribution in [0.2, 0.25) is 18.1 Å². The fraction of sp³-hybridized carbons (Fsp3) is 0.933. The monoisotopic (exact) mass is 316 g/mol. The van der Waals surface area contributed by atoms with Crippen LogP contribution < -0.4 is 11.1 Å². The molecule has 3 N–H and O–H groups in total. The van der Waals surface area contributed by atoms with Crippen LogP contribution in [0.5, 0.6) is 0 Å². The summed E-state index contributed by atoms with van der Waals surface area (Å²) in [5.41, 5.74) is 5.22. The van der Waals surface area contributed by atoms with Crippen LogP contribution in [-0.4, -0.2) is 40.2 Å². The van der Waals surface area contributed by atoms with Crippen LogP contribution in [-0.2, 0) is 9.16 Å². The Balaban J connectivity index is 2.51. The maximum Gasteiger partial charge on any atom is 0.404 e. The maximum absolute atomic E-state index is 11.1. The molecule has 21 heavy (non-hydrogen) atoms. The zero-order valence-corrected chi connectivity index (χ0v) is 15.2. The third-order valence-corrected chi connectivity index (χ3v) is 9.39. The lowest BCUT2D eigenvalue weighted by molar-refractivity contribution is 0.0410. The van der Waals surface area contributed by atoms with Crippen molar-refractivity contribution < 1.29 is 14.0 Å². The van der Waals surface area contributed by atoms with Gasteiger partial charge < -0.3 is 20.2 Å². The largest absolute Gasteiger partial charge is 0.446 e. The van der Waals surface area contributed by atoms with Crippen LogP contribution in [0.4, 0.5) is 4.79 Å². The summed E-state index contributed by atoms with van der Waals surface area (Å²) in [6, 6.07) is 0. The molecular weight excluding hydrogens is 284 g/mol. The number of hydrogen-bond donors (Lipinski definition) is 2. The van der Waals surface area contributed by atoms with E-state index in [-0.39, 0.29) is 11.1 Å². The van der Waals surface area contributed by atoms with Gasteiger partial charge in [0.2, 0.25) is 0 Å². The summed E-state index contributed by atoms with van der Waals surface area (Å²) in [6.45, 7) is 13.7. The molecule has 1 atom stereocenters. The zero-order chi connectivity index (χ0) is 16.1. The fourth-order valence-corrected chi connectivity index (χ4v) is 3.46. The van der Waals surface area contributed by atoms with Crippen LogP contribution in [0, 0.1) is 5.92 Å². The van der Waals surface area contributed by atoms with Gasteiger partial charge in [-0.05, 0) is 50.0 Å². The van der Waals surface area contributed by atoms with Gasteiger partial charge in [-0.15, -0.1) is 0 Å². The summed E-state index contributed by atoms with van der Waals surface area (Å²) in [6.07, 6.45) is 2.00. The summed E-state index contributed by atoms with van der Waals surface area (Å²) >= 11 is 0. The average molecular weight is 317 g/mol. The molecule has 0 aromatic carbocycles. The molecule has 1 fully saturated rings. The zero-order valence-electron chi connectivity index (χ0n) is 14.2. The number of piperidine rings is 1. The van der Waals surface area contributed by atoms with E-state index in [1.807, 2.05) is 0 Å². The first-order valence-corrected chi connectivity index (χ1v) is 10.8. The number of primary amides is 1. The summed E-state index contributed by atoms with van der Waals surface area (Å²) in [5, 5.41) is 3.52. The highest BCUT2D eigenvalue weighted by Crippen LogP contribution is 2.36. The average Bonchev–Trinajstić information content (AvgIpc) is 2.36. The third kappa shape index (κ3) is 5.96. The van der Waals surface area contributed by atoms with Crippen molar-refractivity contribution in [1.82, 2.24) is 5.32 Å². The van der Waals surface area contributed by atoms with E-state index in [0.29, 0.717) is 12.5 Å². The highest BCUT2D eigenvalue weighted by molar-refractivity contribution is 6.74. The Hall–Kier alpha value is -0.593. The SMILES string of the molecule is CC(C)(C)[Si](C)(C)OCCC(OC(N)=O)C1CCNCC1. The smallest absolute Gasteiger partial charge is 0.404 e. The molecule has 0 aromatic heterocycles. The standard InChI is InChI=1S/C15H32N2O3Si/c1-15(2,3)21(4,5)19-11-8-13(20-14(16)18)12-6-9-17-10-7-12/h12-13,17H,6-11H2,1-5H3,(H2,16,18). The molecule has 5 nitrogen and oxygen atoms in total. The van der Waals surface area contributed by atoms with Crippen LogP contribution in [0.3, 0.4) is 0 Å². The number of rotatable bonds is 6. The molecule has 1 amide bonds. The van der Waals surface area contributed by atoms with Crippen LogP contribution in [0.25, 0.3) is 0 Å². The molecule has 1 heterocycles. The van der Waals surface area contributed by atoms with Crippen molar-refractivity contribution in [3.8, 4) is 0 Å². The summed E-state index contributed by atoms with van der Waals surface area (Å²) < 4.78 is 11.5. The molecule has 0 aliphatic carbocycles. The van der Waals surface area contributed by atoms with E-state index in [4.69, 9.17) is 14.9 Å². The number of nitrogens with two attached hydrogens (primary N) is 1. The van der Waals surface area contributed by atoms with Gasteiger partial charge in [0.1, 0.15) is 6.10 Å². The maximum atomic E-state index is 11.1. The van der Waals surface area contributed by atoms with Crippen LogP contribution in [0.1, 0.15) is 40.0 Å². The lowest BCUT2D eigenvalue weighted by Crippen LogP contribution is -2.42. The fourth-order valence-electron chi connectivity index (χ4n) is 2.40. The Morgan fingerprint density at radius 2 is 1.90 bits per heavy atom. The summed E-state index contributed by atoms with van der Waals surface area (Å²) in [7, 11) is -1.75. The minimum absolute atomic E-state index is 0.116. The number of nitrogens with one attached hydrogen (secondary N) is 1. The van der Waals surface area contributed by atoms with E-state index in [0.717, 1.165) is 32.4 Å². The first-order chi connectivity index (χ1) is 9.63. The first-order valence-electron chi connectivity index (χ1n) is 7.94. The van der Waals surface area contributed by atoms with E-state index in [9.17, 15) is 4.79 Å². The van der Waals surface area contributed by atoms with Crippen molar-refractivity contribution in [3.63, 3.8) is 0 Å². The van der Waals surface area contributed by atoms with Gasteiger partial charge in [-0.1, -0.05) is 20.8 Å². The van der Waals surface area contributed by atoms with Crippen molar-refractivity contribution in [2.24, 2.45) is 11.7 Å². The van der Waals surface area contributed by atoms with Crippen molar-refractivity contribution in [2.75, 3.05) is 19.7 Å². The highest BCUT2D eigenvalue weighted by atomic mass is 28.4. The van der Waals surface area contributed by atoms with Gasteiger partial charge in [-0.25, -0.2) is 4.79 Å². The number of carbonyl (C=O) groups excluding carboxylic acids is 1. The number of amides is 1. The second kappa shape index (κ2) is 7.60. The van der Waals surface area contributed by atoms with Gasteiger partial charge in [-0.3, -0.25) is 0 Å². The van der Waals surface area contributed by atoms with E-state index < -0.39 is 14.4 Å². The van der Waals surface area contributed by atoms with Gasteiger partial charge in [0, 0.05) is 13.0 Å². The van der Waals surface area contributed by atoms with Gasteiger partial charge in [-0.2, -0.15) is 0 Å². The quantitative estimate of drug-likeness (QED) is 0.739. The second-order valence-electron chi connectivity index (χ2n) is 7.46. The lowest BCUT2D eigenvalue weighted by atomic mass is 9.90. The molecule has 1 saturated heterocycles. The molecule has 1 aliphatic rings. The number of hydrogen-bond acceptors (Lipinski definition) is 4. The van der Waals surface area contributed by atoms with Gasteiger partial charge in [0.15, 0.2) is 8.32 Å². The summed E-state index contributed by atoms with van der Waals surface area (Å²) in [5.74, 6) is 0.391. The Morgan fingerprint density at radius 3 is 2.38 bits per heavy atom. The Kier molecular flexibility index (Phi) is 6.68. The first kappa shape index (κ1) is 18.5. The lowest BCUT2D eigenvalue weighted by Gasteiger charge is -2.37. The van der Waals surface area contributed by atoms with Crippen molar-refractivity contribution in [3.05, 3.63) is 0 Å². The van der Waals surface area contributed by atoms with E-state index in [1.54, 1.807) is 0 Å². The topological polar surface area (TPSA) is 73.6 Å². The molecule has 1 aliphatic heterocycles. The molecule has 0 aromatic rings. The molecule has 1 unspecified atom stereocenters. The Bertz CT molecular complexity index is 336. The van der Waals surface area contributed by atoms with E-state index in [1.165, 1.54) is 0 Å². The normalized spacial score (nSPS) is 19.3. The third-order valence-electron chi connectivity index (χ3n) is 4.85. The summed E-state index contributed by atoms with van der Waals surface area (Å²) in [4.78, 5) is 11.1. The van der Waals surface area contributed by atoms with Crippen molar-refractivity contribution in [1.29, 1.82) is 0 Å². The van der Waals surface area contributed by atoms with E-state index >= 15 is 0 Å². The minimum atomic E-state index is -1.75. The predicted molar refractivity (Wildman–Crippen MR) is 87.8 cm³/mol. The molecule has 0 spiro atoms. The van der Waals surface area contributed by atoms with Gasteiger partial charge >= 0.3 is 6.09 Å². The molecular formula is C15H32N2O3Si. The minimum Gasteiger partial charge on any atom is -0.446 e. The molecule has 0 radical (unpaired) electrons. The highest BCUT2D eigenvalue weighted by Gasteiger charge is 2.37. The van der Waals surface area contributed by atoms with Crippen molar-refractivity contribution >= 4 is 14.4 Å². The number of carbonyl (C=O) groups is 1. The molecule has 124 valence electrons. The van der Waals surface area contributed by atoms with Gasteiger partial charge in [0.05, 0.1) is 0 Å². The van der Waals surface area contributed by atoms with Gasteiger partial charge in [0.25, 0.3) is 0 Å². The second-order valence-corrected chi connectivity index (χ2v) is 12.3. The van der Waals surface area contributed by atoms with Crippen molar-refractivity contribution in [2.45, 2.75) is 64.3 Å². The Labute approximate surface area is 130 Å². The van der Waals surface area contributed by atoms with Crippen LogP contribution in [0.15, 0.2) is 0 Å². The molecule has 1 rings (SSSR count).